The van der Waals surface area contributed by atoms with Crippen LogP contribution in [-0.4, -0.2) is 26.8 Å². The predicted octanol–water partition coefficient (Wildman–Crippen LogP) is 7.75. The SMILES string of the molecule is CCC1(OC(=O)OC(C)c2ccc(N)c(Oc3ccc(-c4ccccc4)cc3)c2)C(=O)OCc2c1cc1n(c2=O)Cc2cc3cc(O)ccc3nc2-1. The molecule has 0 fully saturated rings. The Bertz CT molecular complexity index is 2460. The van der Waals surface area contributed by atoms with Crippen LogP contribution in [-0.2, 0) is 37.8 Å². The summed E-state index contributed by atoms with van der Waals surface area (Å²) in [5, 5.41) is 10.7. The van der Waals surface area contributed by atoms with E-state index in [0.29, 0.717) is 39.7 Å². The van der Waals surface area contributed by atoms with Crippen molar-refractivity contribution in [2.24, 2.45) is 0 Å². The van der Waals surface area contributed by atoms with Crippen molar-refractivity contribution in [1.29, 1.82) is 0 Å². The maximum absolute atomic E-state index is 13.9. The number of ether oxygens (including phenoxy) is 4. The summed E-state index contributed by atoms with van der Waals surface area (Å²) in [5.41, 5.74) is 9.88. The average molecular weight is 696 g/mol. The highest BCUT2D eigenvalue weighted by Crippen LogP contribution is 2.42. The molecule has 0 radical (unpaired) electrons. The smallest absolute Gasteiger partial charge is 0.508 e. The number of cyclic esters (lactones) is 1. The summed E-state index contributed by atoms with van der Waals surface area (Å²) in [6.45, 7) is 3.30. The van der Waals surface area contributed by atoms with Gasteiger partial charge in [0, 0.05) is 16.5 Å². The molecule has 6 aromatic rings. The van der Waals surface area contributed by atoms with Crippen molar-refractivity contribution in [3.05, 3.63) is 136 Å². The molecular weight excluding hydrogens is 662 g/mol. The Balaban J connectivity index is 1.04. The van der Waals surface area contributed by atoms with Gasteiger partial charge in [-0.1, -0.05) is 55.5 Å². The second-order valence-corrected chi connectivity index (χ2v) is 12.8. The summed E-state index contributed by atoms with van der Waals surface area (Å²) in [5.74, 6) is 0.243. The Hall–Kier alpha value is -6.62. The fraction of sp³-hybridized carbons (Fsp3) is 0.171. The Labute approximate surface area is 297 Å². The molecule has 4 heterocycles. The number of fused-ring (bicyclic) bond motifs is 5. The van der Waals surface area contributed by atoms with Crippen molar-refractivity contribution in [2.75, 3.05) is 5.73 Å². The first-order valence-electron chi connectivity index (χ1n) is 16.8. The van der Waals surface area contributed by atoms with Crippen LogP contribution in [0.15, 0.2) is 108 Å². The summed E-state index contributed by atoms with van der Waals surface area (Å²) in [7, 11) is 0. The number of nitrogens with two attached hydrogens (primary N) is 1. The van der Waals surface area contributed by atoms with Gasteiger partial charge in [0.25, 0.3) is 5.56 Å². The molecular formula is C41H33N3O8. The third-order valence-electron chi connectivity index (χ3n) is 9.69. The van der Waals surface area contributed by atoms with Crippen LogP contribution < -0.4 is 16.0 Å². The van der Waals surface area contributed by atoms with E-state index in [1.165, 1.54) is 6.07 Å². The molecule has 11 nitrogen and oxygen atoms in total. The highest BCUT2D eigenvalue weighted by molar-refractivity contribution is 5.88. The van der Waals surface area contributed by atoms with E-state index in [1.807, 2.05) is 60.7 Å². The van der Waals surface area contributed by atoms with Crippen molar-refractivity contribution < 1.29 is 33.6 Å². The predicted molar refractivity (Wildman–Crippen MR) is 193 cm³/mol. The largest absolute Gasteiger partial charge is 0.510 e. The van der Waals surface area contributed by atoms with Crippen LogP contribution in [0.3, 0.4) is 0 Å². The molecule has 8 rings (SSSR count). The zero-order valence-electron chi connectivity index (χ0n) is 28.3. The first-order chi connectivity index (χ1) is 25.1. The summed E-state index contributed by atoms with van der Waals surface area (Å²) in [6, 6.07) is 31.0. The number of hydrogen-bond acceptors (Lipinski definition) is 10. The number of phenolic OH excluding ortho intramolecular Hbond substituents is 1. The second kappa shape index (κ2) is 12.6. The minimum Gasteiger partial charge on any atom is -0.508 e. The summed E-state index contributed by atoms with van der Waals surface area (Å²) in [4.78, 5) is 45.6. The van der Waals surface area contributed by atoms with Crippen molar-refractivity contribution in [2.45, 2.75) is 45.1 Å². The third kappa shape index (κ3) is 5.56. The summed E-state index contributed by atoms with van der Waals surface area (Å²) >= 11 is 0. The van der Waals surface area contributed by atoms with Crippen molar-refractivity contribution in [3.8, 4) is 39.8 Å². The van der Waals surface area contributed by atoms with Gasteiger partial charge in [-0.05, 0) is 84.6 Å². The lowest BCUT2D eigenvalue weighted by molar-refractivity contribution is -0.176. The van der Waals surface area contributed by atoms with E-state index in [-0.39, 0.29) is 42.0 Å². The lowest BCUT2D eigenvalue weighted by atomic mass is 9.85. The number of rotatable bonds is 7. The first-order valence-corrected chi connectivity index (χ1v) is 16.8. The van der Waals surface area contributed by atoms with E-state index in [0.717, 1.165) is 22.1 Å². The molecule has 0 bridgehead atoms. The number of aromatic hydroxyl groups is 1. The van der Waals surface area contributed by atoms with E-state index < -0.39 is 23.8 Å². The molecule has 2 aromatic heterocycles. The number of pyridine rings is 2. The molecule has 0 amide bonds. The van der Waals surface area contributed by atoms with Gasteiger partial charge in [0.05, 0.1) is 34.7 Å². The lowest BCUT2D eigenvalue weighted by Gasteiger charge is -2.35. The third-order valence-corrected chi connectivity index (χ3v) is 9.69. The molecule has 2 atom stereocenters. The minimum absolute atomic E-state index is 0.0224. The van der Waals surface area contributed by atoms with Crippen molar-refractivity contribution in [3.63, 3.8) is 0 Å². The van der Waals surface area contributed by atoms with E-state index >= 15 is 0 Å². The Morgan fingerprint density at radius 2 is 1.75 bits per heavy atom. The minimum atomic E-state index is -1.94. The normalized spacial score (nSPS) is 16.3. The number of benzene rings is 4. The van der Waals surface area contributed by atoms with Crippen LogP contribution >= 0.6 is 0 Å². The van der Waals surface area contributed by atoms with Crippen LogP contribution in [0.2, 0.25) is 0 Å². The number of hydrogen-bond donors (Lipinski definition) is 2. The van der Waals surface area contributed by atoms with Gasteiger partial charge < -0.3 is 34.4 Å². The molecule has 0 saturated carbocycles. The molecule has 3 N–H and O–H groups in total. The molecule has 2 aliphatic heterocycles. The van der Waals surface area contributed by atoms with E-state index in [2.05, 4.69) is 0 Å². The molecule has 2 unspecified atom stereocenters. The highest BCUT2D eigenvalue weighted by atomic mass is 16.7. The maximum atomic E-state index is 13.9. The van der Waals surface area contributed by atoms with E-state index in [4.69, 9.17) is 29.7 Å². The van der Waals surface area contributed by atoms with Crippen LogP contribution in [0.1, 0.15) is 48.6 Å². The summed E-state index contributed by atoms with van der Waals surface area (Å²) < 4.78 is 24.7. The quantitative estimate of drug-likeness (QED) is 0.125. The van der Waals surface area contributed by atoms with E-state index in [1.54, 1.807) is 54.8 Å². The number of nitrogen functional groups attached to an aromatic ring is 1. The molecule has 52 heavy (non-hydrogen) atoms. The van der Waals surface area contributed by atoms with Gasteiger partial charge in [-0.2, -0.15) is 0 Å². The number of carbonyl (C=O) groups excluding carboxylic acids is 2. The van der Waals surface area contributed by atoms with Crippen molar-refractivity contribution in [1.82, 2.24) is 9.55 Å². The highest BCUT2D eigenvalue weighted by Gasteiger charge is 2.51. The van der Waals surface area contributed by atoms with Gasteiger partial charge in [0.2, 0.25) is 5.60 Å². The zero-order valence-corrected chi connectivity index (χ0v) is 28.3. The number of esters is 1. The number of phenols is 1. The number of carbonyl (C=O) groups is 2. The molecule has 260 valence electrons. The van der Waals surface area contributed by atoms with Crippen LogP contribution in [0.25, 0.3) is 33.4 Å². The average Bonchev–Trinajstić information content (AvgIpc) is 3.51. The molecule has 0 saturated heterocycles. The van der Waals surface area contributed by atoms with Crippen LogP contribution in [0, 0.1) is 0 Å². The molecule has 0 spiro atoms. The molecule has 2 aliphatic rings. The first kappa shape index (κ1) is 32.6. The molecule has 11 heteroatoms. The monoisotopic (exact) mass is 695 g/mol. The number of anilines is 1. The lowest BCUT2D eigenvalue weighted by Crippen LogP contribution is -2.47. The van der Waals surface area contributed by atoms with Crippen molar-refractivity contribution >= 4 is 28.7 Å². The van der Waals surface area contributed by atoms with E-state index in [9.17, 15) is 19.5 Å². The van der Waals surface area contributed by atoms with Gasteiger partial charge in [0.1, 0.15) is 24.2 Å². The topological polar surface area (TPSA) is 152 Å². The van der Waals surface area contributed by atoms with Gasteiger partial charge >= 0.3 is 12.1 Å². The second-order valence-electron chi connectivity index (χ2n) is 12.8. The van der Waals surface area contributed by atoms with Crippen LogP contribution in [0.5, 0.6) is 17.2 Å². The van der Waals surface area contributed by atoms with Crippen LogP contribution in [0.4, 0.5) is 10.5 Å². The Morgan fingerprint density at radius 3 is 2.52 bits per heavy atom. The number of nitrogens with zero attached hydrogens (tertiary/aromatic N) is 2. The van der Waals surface area contributed by atoms with Gasteiger partial charge in [-0.3, -0.25) is 4.79 Å². The fourth-order valence-electron chi connectivity index (χ4n) is 6.87. The van der Waals surface area contributed by atoms with Gasteiger partial charge in [0.15, 0.2) is 5.75 Å². The summed E-state index contributed by atoms with van der Waals surface area (Å²) in [6.07, 6.45) is -1.98. The molecule has 4 aromatic carbocycles. The zero-order chi connectivity index (χ0) is 36.1. The van der Waals surface area contributed by atoms with Gasteiger partial charge in [-0.25, -0.2) is 14.6 Å². The Kier molecular flexibility index (Phi) is 7.90. The number of aromatic nitrogens is 2. The fourth-order valence-corrected chi connectivity index (χ4v) is 6.87. The molecule has 0 aliphatic carbocycles. The van der Waals surface area contributed by atoms with Gasteiger partial charge in [-0.15, -0.1) is 0 Å². The standard InChI is InChI=1S/C41H33N3O8/c1-3-41(32-20-35-37-28(17-27-18-29(45)12-16-34(27)43-37)21-44(35)38(46)31(32)22-49-39(41)47)52-40(48)50-23(2)26-11-15-33(42)36(19-26)51-30-13-9-25(10-14-30)24-7-5-4-6-8-24/h4-20,23,45H,3,21-22,42H2,1-2H3. The maximum Gasteiger partial charge on any atom is 0.510 e. The Morgan fingerprint density at radius 1 is 0.981 bits per heavy atom.